The maximum absolute atomic E-state index is 12.6. The Kier molecular flexibility index (Phi) is 4.72. The monoisotopic (exact) mass is 367 g/mol. The van der Waals surface area contributed by atoms with Crippen LogP contribution in [0.5, 0.6) is 11.5 Å². The molecule has 136 valence electrons. The molecule has 0 saturated carbocycles. The third kappa shape index (κ3) is 3.48. The molecular formula is C16H21N3O5S. The zero-order valence-electron chi connectivity index (χ0n) is 14.6. The minimum Gasteiger partial charge on any atom is -0.454 e. The summed E-state index contributed by atoms with van der Waals surface area (Å²) in [5, 5.41) is 3.71. The van der Waals surface area contributed by atoms with Crippen LogP contribution in [-0.4, -0.2) is 45.9 Å². The van der Waals surface area contributed by atoms with Gasteiger partial charge in [-0.3, -0.25) is 0 Å². The average Bonchev–Trinajstić information content (AvgIpc) is 3.13. The molecule has 1 N–H and O–H groups in total. The van der Waals surface area contributed by atoms with Crippen molar-refractivity contribution in [1.82, 2.24) is 14.8 Å². The predicted octanol–water partition coefficient (Wildman–Crippen LogP) is 1.60. The molecule has 0 aliphatic carbocycles. The Labute approximate surface area is 146 Å². The van der Waals surface area contributed by atoms with E-state index in [0.717, 1.165) is 5.56 Å². The quantitative estimate of drug-likeness (QED) is 0.829. The summed E-state index contributed by atoms with van der Waals surface area (Å²) < 4.78 is 43.5. The van der Waals surface area contributed by atoms with Gasteiger partial charge in [0.1, 0.15) is 10.6 Å². The minimum absolute atomic E-state index is 0.0932. The topological polar surface area (TPSA) is 93.9 Å². The normalized spacial score (nSPS) is 14.9. The molecule has 0 unspecified atom stereocenters. The van der Waals surface area contributed by atoms with Crippen LogP contribution < -0.4 is 14.2 Å². The summed E-state index contributed by atoms with van der Waals surface area (Å²) >= 11 is 0. The van der Waals surface area contributed by atoms with E-state index >= 15 is 0 Å². The van der Waals surface area contributed by atoms with E-state index in [9.17, 15) is 8.42 Å². The molecule has 25 heavy (non-hydrogen) atoms. The highest BCUT2D eigenvalue weighted by atomic mass is 32.2. The van der Waals surface area contributed by atoms with Crippen LogP contribution in [0.15, 0.2) is 27.6 Å². The average molecular weight is 367 g/mol. The minimum atomic E-state index is -3.72. The molecule has 0 amide bonds. The number of hydrogen-bond acceptors (Lipinski definition) is 7. The van der Waals surface area contributed by atoms with Crippen molar-refractivity contribution in [2.24, 2.45) is 0 Å². The Balaban J connectivity index is 1.81. The summed E-state index contributed by atoms with van der Waals surface area (Å²) in [5.41, 5.74) is 1.27. The fraction of sp³-hybridized carbons (Fsp3) is 0.438. The number of sulfonamides is 1. The second-order valence-electron chi connectivity index (χ2n) is 6.10. The molecule has 1 aliphatic rings. The molecule has 1 aromatic carbocycles. The summed E-state index contributed by atoms with van der Waals surface area (Å²) in [6.45, 7) is 3.57. The predicted molar refractivity (Wildman–Crippen MR) is 90.2 cm³/mol. The fourth-order valence-electron chi connectivity index (χ4n) is 2.84. The van der Waals surface area contributed by atoms with Gasteiger partial charge in [0.2, 0.25) is 16.8 Å². The molecule has 0 spiro atoms. The van der Waals surface area contributed by atoms with Gasteiger partial charge < -0.3 is 18.9 Å². The van der Waals surface area contributed by atoms with Crippen molar-refractivity contribution in [1.29, 1.82) is 0 Å². The van der Waals surface area contributed by atoms with Gasteiger partial charge in [-0.2, -0.15) is 0 Å². The lowest BCUT2D eigenvalue weighted by atomic mass is 10.1. The van der Waals surface area contributed by atoms with Crippen LogP contribution in [0, 0.1) is 13.8 Å². The smallest absolute Gasteiger partial charge is 0.246 e. The van der Waals surface area contributed by atoms with Gasteiger partial charge in [0.05, 0.1) is 0 Å². The Morgan fingerprint density at radius 1 is 1.24 bits per heavy atom. The molecule has 0 radical (unpaired) electrons. The van der Waals surface area contributed by atoms with Crippen LogP contribution in [-0.2, 0) is 10.0 Å². The van der Waals surface area contributed by atoms with E-state index in [4.69, 9.17) is 14.0 Å². The van der Waals surface area contributed by atoms with Gasteiger partial charge in [0, 0.05) is 12.6 Å². The second-order valence-corrected chi connectivity index (χ2v) is 7.80. The molecule has 1 aromatic heterocycles. The van der Waals surface area contributed by atoms with E-state index in [1.807, 2.05) is 37.2 Å². The Bertz CT molecular complexity index is 856. The lowest BCUT2D eigenvalue weighted by Crippen LogP contribution is -2.34. The van der Waals surface area contributed by atoms with Gasteiger partial charge in [-0.15, -0.1) is 0 Å². The number of fused-ring (bicyclic) bond motifs is 1. The summed E-state index contributed by atoms with van der Waals surface area (Å²) in [6.07, 6.45) is 0. The number of benzene rings is 1. The van der Waals surface area contributed by atoms with E-state index in [1.165, 1.54) is 0 Å². The first-order valence-electron chi connectivity index (χ1n) is 7.78. The van der Waals surface area contributed by atoms with E-state index < -0.39 is 10.0 Å². The molecule has 1 atom stereocenters. The van der Waals surface area contributed by atoms with E-state index in [1.54, 1.807) is 13.8 Å². The summed E-state index contributed by atoms with van der Waals surface area (Å²) in [7, 11) is 0.0615. The fourth-order valence-corrected chi connectivity index (χ4v) is 4.20. The van der Waals surface area contributed by atoms with Crippen molar-refractivity contribution in [2.75, 3.05) is 27.4 Å². The molecule has 0 saturated heterocycles. The van der Waals surface area contributed by atoms with Crippen molar-refractivity contribution >= 4 is 10.0 Å². The van der Waals surface area contributed by atoms with Crippen LogP contribution >= 0.6 is 0 Å². The molecule has 0 bridgehead atoms. The van der Waals surface area contributed by atoms with Crippen LogP contribution in [0.25, 0.3) is 0 Å². The molecular weight excluding hydrogens is 346 g/mol. The van der Waals surface area contributed by atoms with E-state index in [0.29, 0.717) is 17.2 Å². The maximum atomic E-state index is 12.6. The number of rotatable bonds is 6. The second kappa shape index (κ2) is 6.66. The number of aromatic nitrogens is 1. The number of hydrogen-bond donors (Lipinski definition) is 1. The zero-order valence-corrected chi connectivity index (χ0v) is 15.4. The third-order valence-corrected chi connectivity index (χ3v) is 5.78. The molecule has 2 aromatic rings. The molecule has 3 rings (SSSR count). The van der Waals surface area contributed by atoms with E-state index in [-0.39, 0.29) is 30.0 Å². The summed E-state index contributed by atoms with van der Waals surface area (Å²) in [4.78, 5) is 2.03. The highest BCUT2D eigenvalue weighted by Crippen LogP contribution is 2.35. The van der Waals surface area contributed by atoms with Crippen LogP contribution in [0.3, 0.4) is 0 Å². The van der Waals surface area contributed by atoms with Crippen molar-refractivity contribution in [2.45, 2.75) is 24.8 Å². The molecule has 1 aliphatic heterocycles. The van der Waals surface area contributed by atoms with Crippen molar-refractivity contribution in [3.63, 3.8) is 0 Å². The highest BCUT2D eigenvalue weighted by molar-refractivity contribution is 7.89. The van der Waals surface area contributed by atoms with Gasteiger partial charge in [-0.05, 0) is 45.6 Å². The van der Waals surface area contributed by atoms with Crippen LogP contribution in [0.4, 0.5) is 0 Å². The Hall–Kier alpha value is -2.10. The van der Waals surface area contributed by atoms with Gasteiger partial charge >= 0.3 is 0 Å². The molecule has 9 heteroatoms. The number of ether oxygens (including phenoxy) is 2. The first-order valence-corrected chi connectivity index (χ1v) is 9.26. The maximum Gasteiger partial charge on any atom is 0.246 e. The van der Waals surface area contributed by atoms with Crippen LogP contribution in [0.1, 0.15) is 23.1 Å². The SMILES string of the molecule is Cc1noc(C)c1S(=O)(=O)NC[C@@H](c1ccc2c(c1)OCO2)N(C)C. The van der Waals surface area contributed by atoms with Gasteiger partial charge in [0.25, 0.3) is 0 Å². The van der Waals surface area contributed by atoms with Crippen LogP contribution in [0.2, 0.25) is 0 Å². The number of aryl methyl sites for hydroxylation is 2. The number of nitrogens with zero attached hydrogens (tertiary/aromatic N) is 2. The number of nitrogens with one attached hydrogen (secondary N) is 1. The first kappa shape index (κ1) is 17.7. The molecule has 0 fully saturated rings. The highest BCUT2D eigenvalue weighted by Gasteiger charge is 2.26. The number of likely N-dealkylation sites (N-methyl/N-ethyl adjacent to an activating group) is 1. The summed E-state index contributed by atoms with van der Waals surface area (Å²) in [6, 6.07) is 5.43. The Morgan fingerprint density at radius 2 is 1.96 bits per heavy atom. The third-order valence-electron chi connectivity index (χ3n) is 4.11. The lowest BCUT2D eigenvalue weighted by Gasteiger charge is -2.25. The molecule has 8 nitrogen and oxygen atoms in total. The van der Waals surface area contributed by atoms with E-state index in [2.05, 4.69) is 9.88 Å². The van der Waals surface area contributed by atoms with Gasteiger partial charge in [-0.25, -0.2) is 13.1 Å². The Morgan fingerprint density at radius 3 is 2.60 bits per heavy atom. The van der Waals surface area contributed by atoms with Crippen molar-refractivity contribution in [3.05, 3.63) is 35.2 Å². The van der Waals surface area contributed by atoms with Crippen molar-refractivity contribution in [3.8, 4) is 11.5 Å². The first-order chi connectivity index (χ1) is 11.8. The largest absolute Gasteiger partial charge is 0.454 e. The van der Waals surface area contributed by atoms with Gasteiger partial charge in [-0.1, -0.05) is 11.2 Å². The lowest BCUT2D eigenvalue weighted by molar-refractivity contribution is 0.174. The standard InChI is InChI=1S/C16H21N3O5S/c1-10-16(11(2)24-18-10)25(20,21)17-8-13(19(3)4)12-5-6-14-15(7-12)23-9-22-14/h5-7,13,17H,8-9H2,1-4H3/t13-/m0/s1. The van der Waals surface area contributed by atoms with Crippen molar-refractivity contribution < 1.29 is 22.4 Å². The summed E-state index contributed by atoms with van der Waals surface area (Å²) in [5.74, 6) is 1.63. The van der Waals surface area contributed by atoms with Gasteiger partial charge in [0.15, 0.2) is 17.3 Å². The zero-order chi connectivity index (χ0) is 18.2. The molecule has 2 heterocycles.